The van der Waals surface area contributed by atoms with Gasteiger partial charge in [-0.3, -0.25) is 4.79 Å². The maximum absolute atomic E-state index is 11.6. The predicted octanol–water partition coefficient (Wildman–Crippen LogP) is 4.08. The fourth-order valence-electron chi connectivity index (χ4n) is 2.08. The Labute approximate surface area is 118 Å². The Bertz CT molecular complexity index is 214. The van der Waals surface area contributed by atoms with Gasteiger partial charge in [-0.15, -0.1) is 0 Å². The number of unbranched alkanes of at least 4 members (excludes halogenated alkanes) is 5. The second kappa shape index (κ2) is 11.3. The Morgan fingerprint density at radius 3 is 2.11 bits per heavy atom. The molecule has 3 nitrogen and oxygen atoms in total. The average Bonchev–Trinajstić information content (AvgIpc) is 2.45. The third kappa shape index (κ3) is 8.25. The minimum atomic E-state index is -0.239. The van der Waals surface area contributed by atoms with Gasteiger partial charge in [0.15, 0.2) is 0 Å². The van der Waals surface area contributed by atoms with Crippen LogP contribution in [0.3, 0.4) is 0 Å². The molecule has 0 radical (unpaired) electrons. The normalized spacial score (nSPS) is 11.6. The third-order valence-corrected chi connectivity index (χ3v) is 4.11. The van der Waals surface area contributed by atoms with Crippen molar-refractivity contribution in [1.82, 2.24) is 0 Å². The molecule has 0 bridgehead atoms. The highest BCUT2D eigenvalue weighted by atomic mass is 16.5. The molecule has 0 saturated heterocycles. The van der Waals surface area contributed by atoms with Crippen LogP contribution in [-0.2, 0) is 9.53 Å². The summed E-state index contributed by atoms with van der Waals surface area (Å²) in [6.07, 6.45) is 9.25. The van der Waals surface area contributed by atoms with E-state index in [-0.39, 0.29) is 18.0 Å². The zero-order valence-electron chi connectivity index (χ0n) is 13.0. The first-order valence-corrected chi connectivity index (χ1v) is 7.90. The first-order valence-electron chi connectivity index (χ1n) is 7.90. The zero-order chi connectivity index (χ0) is 14.6. The lowest BCUT2D eigenvalue weighted by molar-refractivity contribution is -0.148. The van der Waals surface area contributed by atoms with Gasteiger partial charge in [-0.25, -0.2) is 0 Å². The van der Waals surface area contributed by atoms with Crippen molar-refractivity contribution in [2.75, 3.05) is 13.2 Å². The van der Waals surface area contributed by atoms with Crippen LogP contribution in [0.5, 0.6) is 0 Å². The second-order valence-electron chi connectivity index (χ2n) is 5.54. The van der Waals surface area contributed by atoms with Crippen LogP contribution in [0.15, 0.2) is 0 Å². The Morgan fingerprint density at radius 2 is 1.58 bits per heavy atom. The molecule has 0 aliphatic carbocycles. The van der Waals surface area contributed by atoms with Gasteiger partial charge < -0.3 is 9.84 Å². The quantitative estimate of drug-likeness (QED) is 0.430. The molecule has 0 saturated carbocycles. The Kier molecular flexibility index (Phi) is 10.9. The maximum atomic E-state index is 11.6. The Balaban J connectivity index is 3.69. The monoisotopic (exact) mass is 272 g/mol. The van der Waals surface area contributed by atoms with E-state index in [9.17, 15) is 9.90 Å². The van der Waals surface area contributed by atoms with E-state index < -0.39 is 0 Å². The lowest BCUT2D eigenvalue weighted by Gasteiger charge is -2.28. The molecule has 0 aromatic carbocycles. The number of esters is 1. The van der Waals surface area contributed by atoms with Crippen molar-refractivity contribution in [3.8, 4) is 0 Å². The van der Waals surface area contributed by atoms with Crippen LogP contribution in [0.1, 0.15) is 78.6 Å². The number of ether oxygens (including phenoxy) is 1. The van der Waals surface area contributed by atoms with Crippen LogP contribution >= 0.6 is 0 Å². The van der Waals surface area contributed by atoms with E-state index in [1.807, 2.05) is 13.8 Å². The number of hydrogen-bond acceptors (Lipinski definition) is 3. The highest BCUT2D eigenvalue weighted by Crippen LogP contribution is 2.26. The van der Waals surface area contributed by atoms with E-state index in [0.29, 0.717) is 13.0 Å². The molecule has 0 rings (SSSR count). The minimum absolute atomic E-state index is 0.0876. The molecule has 0 spiro atoms. The molecular weight excluding hydrogens is 240 g/mol. The number of carbonyl (C=O) groups is 1. The van der Waals surface area contributed by atoms with Gasteiger partial charge in [0, 0.05) is 11.8 Å². The summed E-state index contributed by atoms with van der Waals surface area (Å²) in [7, 11) is 0. The fraction of sp³-hybridized carbons (Fsp3) is 0.938. The number of rotatable bonds is 12. The topological polar surface area (TPSA) is 46.5 Å². The summed E-state index contributed by atoms with van der Waals surface area (Å²) < 4.78 is 5.31. The largest absolute Gasteiger partial charge is 0.465 e. The SMILES string of the molecule is CCCCCCCCC(=O)OCC(CC)(CC)CO. The van der Waals surface area contributed by atoms with Crippen molar-refractivity contribution in [1.29, 1.82) is 0 Å². The van der Waals surface area contributed by atoms with Gasteiger partial charge in [0.2, 0.25) is 0 Å². The van der Waals surface area contributed by atoms with E-state index in [1.165, 1.54) is 25.7 Å². The van der Waals surface area contributed by atoms with E-state index in [2.05, 4.69) is 6.92 Å². The van der Waals surface area contributed by atoms with Gasteiger partial charge in [0.25, 0.3) is 0 Å². The molecule has 0 atom stereocenters. The second-order valence-corrected chi connectivity index (χ2v) is 5.54. The smallest absolute Gasteiger partial charge is 0.305 e. The summed E-state index contributed by atoms with van der Waals surface area (Å²) in [6, 6.07) is 0. The first kappa shape index (κ1) is 18.4. The summed E-state index contributed by atoms with van der Waals surface area (Å²) >= 11 is 0. The van der Waals surface area contributed by atoms with E-state index in [4.69, 9.17) is 4.74 Å². The number of hydrogen-bond donors (Lipinski definition) is 1. The van der Waals surface area contributed by atoms with Gasteiger partial charge in [0.1, 0.15) is 0 Å². The summed E-state index contributed by atoms with van der Waals surface area (Å²) in [4.78, 5) is 11.6. The molecule has 0 aliphatic rings. The van der Waals surface area contributed by atoms with Gasteiger partial charge in [-0.1, -0.05) is 52.9 Å². The summed E-state index contributed by atoms with van der Waals surface area (Å²) in [5.74, 6) is -0.116. The number of carbonyl (C=O) groups excluding carboxylic acids is 1. The molecule has 0 aromatic rings. The highest BCUT2D eigenvalue weighted by molar-refractivity contribution is 5.69. The van der Waals surface area contributed by atoms with Crippen molar-refractivity contribution < 1.29 is 14.6 Å². The van der Waals surface area contributed by atoms with E-state index >= 15 is 0 Å². The molecule has 0 aromatic heterocycles. The van der Waals surface area contributed by atoms with Gasteiger partial charge in [0.05, 0.1) is 13.2 Å². The third-order valence-electron chi connectivity index (χ3n) is 4.11. The summed E-state index contributed by atoms with van der Waals surface area (Å²) in [6.45, 7) is 6.70. The van der Waals surface area contributed by atoms with Gasteiger partial charge in [-0.05, 0) is 19.3 Å². The molecular formula is C16H32O3. The van der Waals surface area contributed by atoms with E-state index in [0.717, 1.165) is 25.7 Å². The molecule has 0 fully saturated rings. The predicted molar refractivity (Wildman–Crippen MR) is 79.1 cm³/mol. The zero-order valence-corrected chi connectivity index (χ0v) is 13.0. The fourth-order valence-corrected chi connectivity index (χ4v) is 2.08. The first-order chi connectivity index (χ1) is 9.14. The number of aliphatic hydroxyl groups is 1. The lowest BCUT2D eigenvalue weighted by Crippen LogP contribution is -2.31. The molecule has 0 heterocycles. The van der Waals surface area contributed by atoms with E-state index in [1.54, 1.807) is 0 Å². The Hall–Kier alpha value is -0.570. The molecule has 1 N–H and O–H groups in total. The lowest BCUT2D eigenvalue weighted by atomic mass is 9.84. The van der Waals surface area contributed by atoms with Crippen LogP contribution in [0.25, 0.3) is 0 Å². The van der Waals surface area contributed by atoms with Gasteiger partial charge in [-0.2, -0.15) is 0 Å². The van der Waals surface area contributed by atoms with Crippen molar-refractivity contribution in [2.45, 2.75) is 78.6 Å². The van der Waals surface area contributed by atoms with Crippen LogP contribution < -0.4 is 0 Å². The standard InChI is InChI=1S/C16H32O3/c1-4-7-8-9-10-11-12-15(18)19-14-16(5-2,6-3)13-17/h17H,4-14H2,1-3H3. The van der Waals surface area contributed by atoms with Crippen LogP contribution in [0.2, 0.25) is 0 Å². The van der Waals surface area contributed by atoms with Crippen molar-refractivity contribution in [3.63, 3.8) is 0 Å². The van der Waals surface area contributed by atoms with Crippen molar-refractivity contribution >= 4 is 5.97 Å². The summed E-state index contributed by atoms with van der Waals surface area (Å²) in [5.41, 5.74) is -0.239. The maximum Gasteiger partial charge on any atom is 0.305 e. The van der Waals surface area contributed by atoms with Crippen molar-refractivity contribution in [2.24, 2.45) is 5.41 Å². The van der Waals surface area contributed by atoms with Crippen LogP contribution in [0, 0.1) is 5.41 Å². The minimum Gasteiger partial charge on any atom is -0.465 e. The molecule has 3 heteroatoms. The molecule has 114 valence electrons. The Morgan fingerprint density at radius 1 is 1.00 bits per heavy atom. The van der Waals surface area contributed by atoms with Gasteiger partial charge >= 0.3 is 5.97 Å². The van der Waals surface area contributed by atoms with Crippen LogP contribution in [0.4, 0.5) is 0 Å². The molecule has 0 aliphatic heterocycles. The van der Waals surface area contributed by atoms with Crippen molar-refractivity contribution in [3.05, 3.63) is 0 Å². The number of aliphatic hydroxyl groups excluding tert-OH is 1. The summed E-state index contributed by atoms with van der Waals surface area (Å²) in [5, 5.41) is 9.39. The van der Waals surface area contributed by atoms with Crippen LogP contribution in [-0.4, -0.2) is 24.3 Å². The molecule has 0 amide bonds. The highest BCUT2D eigenvalue weighted by Gasteiger charge is 2.27. The molecule has 19 heavy (non-hydrogen) atoms. The average molecular weight is 272 g/mol. The molecule has 0 unspecified atom stereocenters.